The van der Waals surface area contributed by atoms with Crippen molar-refractivity contribution in [2.24, 2.45) is 11.7 Å². The molecule has 0 aromatic carbocycles. The maximum absolute atomic E-state index is 5.96. The molecule has 0 amide bonds. The molecule has 0 saturated heterocycles. The molecule has 1 heterocycles. The molecule has 0 aliphatic heterocycles. The Morgan fingerprint density at radius 2 is 2.19 bits per heavy atom. The Kier molecular flexibility index (Phi) is 4.54. The van der Waals surface area contributed by atoms with Crippen molar-refractivity contribution in [1.82, 2.24) is 9.55 Å². The van der Waals surface area contributed by atoms with Gasteiger partial charge in [0.25, 0.3) is 0 Å². The van der Waals surface area contributed by atoms with E-state index in [-0.39, 0.29) is 5.54 Å². The van der Waals surface area contributed by atoms with Crippen molar-refractivity contribution in [1.29, 1.82) is 0 Å². The second-order valence-electron chi connectivity index (χ2n) is 5.30. The van der Waals surface area contributed by atoms with Crippen molar-refractivity contribution in [3.63, 3.8) is 0 Å². The van der Waals surface area contributed by atoms with Crippen LogP contribution >= 0.6 is 0 Å². The van der Waals surface area contributed by atoms with Gasteiger partial charge in [0.15, 0.2) is 0 Å². The highest BCUT2D eigenvalue weighted by Crippen LogP contribution is 2.26. The van der Waals surface area contributed by atoms with Crippen LogP contribution in [0.3, 0.4) is 0 Å². The van der Waals surface area contributed by atoms with Crippen molar-refractivity contribution in [2.45, 2.75) is 52.5 Å². The molecule has 0 radical (unpaired) electrons. The first kappa shape index (κ1) is 13.2. The molecular formula is C13H25N3. The molecular weight excluding hydrogens is 198 g/mol. The van der Waals surface area contributed by atoms with Crippen LogP contribution in [0.2, 0.25) is 0 Å². The van der Waals surface area contributed by atoms with Gasteiger partial charge in [-0.25, -0.2) is 4.98 Å². The summed E-state index contributed by atoms with van der Waals surface area (Å²) in [5.41, 5.74) is 7.27. The highest BCUT2D eigenvalue weighted by molar-refractivity contribution is 5.04. The van der Waals surface area contributed by atoms with E-state index in [1.807, 2.05) is 12.5 Å². The van der Waals surface area contributed by atoms with Gasteiger partial charge >= 0.3 is 0 Å². The molecule has 2 N–H and O–H groups in total. The zero-order chi connectivity index (χ0) is 12.2. The zero-order valence-corrected chi connectivity index (χ0v) is 11.0. The Morgan fingerprint density at radius 1 is 1.50 bits per heavy atom. The average molecular weight is 223 g/mol. The zero-order valence-electron chi connectivity index (χ0n) is 11.0. The van der Waals surface area contributed by atoms with Crippen molar-refractivity contribution in [2.75, 3.05) is 6.54 Å². The van der Waals surface area contributed by atoms with E-state index >= 15 is 0 Å². The lowest BCUT2D eigenvalue weighted by molar-refractivity contribution is 0.258. The van der Waals surface area contributed by atoms with Crippen LogP contribution in [-0.2, 0) is 12.0 Å². The predicted octanol–water partition coefficient (Wildman–Crippen LogP) is 2.56. The summed E-state index contributed by atoms with van der Waals surface area (Å²) in [6.45, 7) is 9.57. The molecule has 1 aromatic rings. The SMILES string of the molecule is CCCc1cncn1C(C)(CN)CC(C)C. The smallest absolute Gasteiger partial charge is 0.0953 e. The summed E-state index contributed by atoms with van der Waals surface area (Å²) in [5.74, 6) is 0.644. The van der Waals surface area contributed by atoms with Gasteiger partial charge in [0.2, 0.25) is 0 Å². The fourth-order valence-electron chi connectivity index (χ4n) is 2.41. The predicted molar refractivity (Wildman–Crippen MR) is 68.4 cm³/mol. The largest absolute Gasteiger partial charge is 0.328 e. The van der Waals surface area contributed by atoms with E-state index < -0.39 is 0 Å². The van der Waals surface area contributed by atoms with E-state index in [4.69, 9.17) is 5.73 Å². The van der Waals surface area contributed by atoms with Gasteiger partial charge in [-0.15, -0.1) is 0 Å². The fourth-order valence-corrected chi connectivity index (χ4v) is 2.41. The topological polar surface area (TPSA) is 43.8 Å². The number of aromatic nitrogens is 2. The maximum atomic E-state index is 5.96. The van der Waals surface area contributed by atoms with Gasteiger partial charge in [0.1, 0.15) is 0 Å². The molecule has 1 rings (SSSR count). The third-order valence-corrected chi connectivity index (χ3v) is 3.09. The fraction of sp³-hybridized carbons (Fsp3) is 0.769. The van der Waals surface area contributed by atoms with Gasteiger partial charge in [-0.3, -0.25) is 0 Å². The Hall–Kier alpha value is -0.830. The van der Waals surface area contributed by atoms with Crippen LogP contribution < -0.4 is 5.73 Å². The summed E-state index contributed by atoms with van der Waals surface area (Å²) < 4.78 is 2.27. The number of hydrogen-bond donors (Lipinski definition) is 1. The van der Waals surface area contributed by atoms with E-state index in [0.717, 1.165) is 19.3 Å². The van der Waals surface area contributed by atoms with Crippen LogP contribution in [0.5, 0.6) is 0 Å². The van der Waals surface area contributed by atoms with Crippen LogP contribution in [0.15, 0.2) is 12.5 Å². The van der Waals surface area contributed by atoms with E-state index in [0.29, 0.717) is 12.5 Å². The third kappa shape index (κ3) is 2.85. The Balaban J connectivity index is 2.97. The number of nitrogens with zero attached hydrogens (tertiary/aromatic N) is 2. The Morgan fingerprint density at radius 3 is 2.69 bits per heavy atom. The molecule has 0 aliphatic carbocycles. The summed E-state index contributed by atoms with van der Waals surface area (Å²) in [5, 5.41) is 0. The second-order valence-corrected chi connectivity index (χ2v) is 5.30. The van der Waals surface area contributed by atoms with Crippen LogP contribution in [0, 0.1) is 5.92 Å². The van der Waals surface area contributed by atoms with Crippen LogP contribution in [-0.4, -0.2) is 16.1 Å². The van der Waals surface area contributed by atoms with E-state index in [1.54, 1.807) is 0 Å². The lowest BCUT2D eigenvalue weighted by atomic mass is 9.90. The lowest BCUT2D eigenvalue weighted by Crippen LogP contribution is -2.40. The number of hydrogen-bond acceptors (Lipinski definition) is 2. The molecule has 1 unspecified atom stereocenters. The van der Waals surface area contributed by atoms with Crippen molar-refractivity contribution >= 4 is 0 Å². The highest BCUT2D eigenvalue weighted by Gasteiger charge is 2.27. The molecule has 92 valence electrons. The van der Waals surface area contributed by atoms with Crippen LogP contribution in [0.1, 0.15) is 46.2 Å². The summed E-state index contributed by atoms with van der Waals surface area (Å²) in [4.78, 5) is 4.27. The molecule has 0 spiro atoms. The number of aryl methyl sites for hydroxylation is 1. The number of rotatable bonds is 6. The Bertz CT molecular complexity index is 317. The van der Waals surface area contributed by atoms with Crippen molar-refractivity contribution in [3.05, 3.63) is 18.2 Å². The lowest BCUT2D eigenvalue weighted by Gasteiger charge is -2.33. The van der Waals surface area contributed by atoms with Crippen molar-refractivity contribution < 1.29 is 0 Å². The second kappa shape index (κ2) is 5.48. The summed E-state index contributed by atoms with van der Waals surface area (Å²) in [6, 6.07) is 0. The molecule has 16 heavy (non-hydrogen) atoms. The van der Waals surface area contributed by atoms with Gasteiger partial charge in [-0.2, -0.15) is 0 Å². The van der Waals surface area contributed by atoms with Gasteiger partial charge in [0.05, 0.1) is 11.9 Å². The standard InChI is InChI=1S/C13H25N3/c1-5-6-12-8-15-10-16(12)13(4,9-14)7-11(2)3/h8,10-11H,5-7,9,14H2,1-4H3. The maximum Gasteiger partial charge on any atom is 0.0953 e. The van der Waals surface area contributed by atoms with Gasteiger partial charge in [-0.1, -0.05) is 27.2 Å². The third-order valence-electron chi connectivity index (χ3n) is 3.09. The van der Waals surface area contributed by atoms with Gasteiger partial charge < -0.3 is 10.3 Å². The highest BCUT2D eigenvalue weighted by atomic mass is 15.1. The summed E-state index contributed by atoms with van der Waals surface area (Å²) in [6.07, 6.45) is 7.22. The number of imidazole rings is 1. The van der Waals surface area contributed by atoms with E-state index in [2.05, 4.69) is 37.2 Å². The first-order valence-corrected chi connectivity index (χ1v) is 6.25. The minimum atomic E-state index is 0.00910. The minimum absolute atomic E-state index is 0.00910. The monoisotopic (exact) mass is 223 g/mol. The molecule has 3 heteroatoms. The average Bonchev–Trinajstić information content (AvgIpc) is 2.66. The van der Waals surface area contributed by atoms with Crippen LogP contribution in [0.4, 0.5) is 0 Å². The van der Waals surface area contributed by atoms with Crippen molar-refractivity contribution in [3.8, 4) is 0 Å². The first-order chi connectivity index (χ1) is 7.53. The molecule has 0 aliphatic rings. The van der Waals surface area contributed by atoms with Gasteiger partial charge in [-0.05, 0) is 25.7 Å². The summed E-state index contributed by atoms with van der Waals surface area (Å²) in [7, 11) is 0. The molecule has 0 fully saturated rings. The quantitative estimate of drug-likeness (QED) is 0.805. The molecule has 0 saturated carbocycles. The van der Waals surface area contributed by atoms with Crippen LogP contribution in [0.25, 0.3) is 0 Å². The first-order valence-electron chi connectivity index (χ1n) is 6.25. The normalized spacial score (nSPS) is 15.4. The van der Waals surface area contributed by atoms with E-state index in [9.17, 15) is 0 Å². The van der Waals surface area contributed by atoms with Gasteiger partial charge in [0, 0.05) is 18.4 Å². The number of nitrogens with two attached hydrogens (primary N) is 1. The summed E-state index contributed by atoms with van der Waals surface area (Å²) >= 11 is 0. The molecule has 1 aromatic heterocycles. The molecule has 3 nitrogen and oxygen atoms in total. The minimum Gasteiger partial charge on any atom is -0.328 e. The Labute approximate surface area is 99.1 Å². The molecule has 1 atom stereocenters. The van der Waals surface area contributed by atoms with E-state index in [1.165, 1.54) is 5.69 Å². The molecule has 0 bridgehead atoms.